The maximum Gasteiger partial charge on any atom is 0.253 e. The van der Waals surface area contributed by atoms with Gasteiger partial charge in [-0.25, -0.2) is 0 Å². The van der Waals surface area contributed by atoms with Gasteiger partial charge in [0.1, 0.15) is 0 Å². The van der Waals surface area contributed by atoms with E-state index in [2.05, 4.69) is 5.32 Å². The van der Waals surface area contributed by atoms with Gasteiger partial charge in [-0.2, -0.15) is 0 Å². The molecule has 2 amide bonds. The van der Waals surface area contributed by atoms with Crippen molar-refractivity contribution in [2.24, 2.45) is 0 Å². The van der Waals surface area contributed by atoms with Crippen molar-refractivity contribution in [3.05, 3.63) is 69.7 Å². The lowest BCUT2D eigenvalue weighted by molar-refractivity contribution is -0.122. The predicted octanol–water partition coefficient (Wildman–Crippen LogP) is 4.31. The summed E-state index contributed by atoms with van der Waals surface area (Å²) in [6.07, 6.45) is 2.75. The highest BCUT2D eigenvalue weighted by Crippen LogP contribution is 2.17. The van der Waals surface area contributed by atoms with Crippen LogP contribution in [-0.4, -0.2) is 35.8 Å². The first-order valence-electron chi connectivity index (χ1n) is 9.82. The summed E-state index contributed by atoms with van der Waals surface area (Å²) in [5.41, 5.74) is 4.17. The fraction of sp³-hybridized carbons (Fsp3) is 0.391. The fourth-order valence-electron chi connectivity index (χ4n) is 3.49. The average molecular weight is 399 g/mol. The van der Waals surface area contributed by atoms with Crippen molar-refractivity contribution in [2.45, 2.75) is 45.6 Å². The number of rotatable bonds is 5. The molecule has 0 radical (unpaired) electrons. The number of nitrogens with zero attached hydrogens (tertiary/aromatic N) is 1. The Morgan fingerprint density at radius 1 is 1.04 bits per heavy atom. The van der Waals surface area contributed by atoms with Crippen LogP contribution in [0.4, 0.5) is 0 Å². The molecule has 1 N–H and O–H groups in total. The first kappa shape index (κ1) is 20.4. The van der Waals surface area contributed by atoms with Crippen LogP contribution >= 0.6 is 11.6 Å². The number of carbonyl (C=O) groups excluding carboxylic acids is 2. The van der Waals surface area contributed by atoms with Crippen molar-refractivity contribution in [1.29, 1.82) is 0 Å². The summed E-state index contributed by atoms with van der Waals surface area (Å²) in [6.45, 7) is 5.42. The number of aryl methyl sites for hydroxylation is 3. The number of piperidine rings is 1. The molecule has 0 atom stereocenters. The second-order valence-corrected chi connectivity index (χ2v) is 8.00. The minimum absolute atomic E-state index is 0.0638. The van der Waals surface area contributed by atoms with Crippen LogP contribution in [0.25, 0.3) is 0 Å². The molecule has 1 aliphatic heterocycles. The van der Waals surface area contributed by atoms with Crippen LogP contribution in [0.1, 0.15) is 46.3 Å². The minimum Gasteiger partial charge on any atom is -0.353 e. The van der Waals surface area contributed by atoms with Gasteiger partial charge in [0.05, 0.1) is 0 Å². The number of halogens is 1. The van der Waals surface area contributed by atoms with Crippen molar-refractivity contribution in [3.63, 3.8) is 0 Å². The number of hydrogen-bond donors (Lipinski definition) is 1. The van der Waals surface area contributed by atoms with Gasteiger partial charge < -0.3 is 10.2 Å². The number of hydrogen-bond acceptors (Lipinski definition) is 2. The van der Waals surface area contributed by atoms with E-state index in [-0.39, 0.29) is 17.9 Å². The number of carbonyl (C=O) groups is 2. The molecule has 2 aromatic rings. The normalized spacial score (nSPS) is 14.8. The first-order chi connectivity index (χ1) is 13.4. The maximum atomic E-state index is 12.7. The molecule has 1 heterocycles. The molecule has 148 valence electrons. The van der Waals surface area contributed by atoms with Gasteiger partial charge >= 0.3 is 0 Å². The van der Waals surface area contributed by atoms with Gasteiger partial charge in [0.2, 0.25) is 5.91 Å². The summed E-state index contributed by atoms with van der Waals surface area (Å²) in [5.74, 6) is 0.143. The van der Waals surface area contributed by atoms with Crippen LogP contribution in [0.3, 0.4) is 0 Å². The molecule has 5 heteroatoms. The van der Waals surface area contributed by atoms with E-state index in [1.807, 2.05) is 61.2 Å². The molecular formula is C23H27ClN2O2. The molecule has 28 heavy (non-hydrogen) atoms. The van der Waals surface area contributed by atoms with Crippen LogP contribution in [0.2, 0.25) is 5.02 Å². The van der Waals surface area contributed by atoms with Gasteiger partial charge in [0, 0.05) is 36.1 Å². The molecular weight excluding hydrogens is 372 g/mol. The molecule has 1 saturated heterocycles. The Bertz CT molecular complexity index is 840. The number of amides is 2. The van der Waals surface area contributed by atoms with Crippen molar-refractivity contribution in [3.8, 4) is 0 Å². The topological polar surface area (TPSA) is 49.4 Å². The third kappa shape index (κ3) is 5.35. The summed E-state index contributed by atoms with van der Waals surface area (Å²) in [4.78, 5) is 26.8. The van der Waals surface area contributed by atoms with E-state index in [1.54, 1.807) is 0 Å². The quantitative estimate of drug-likeness (QED) is 0.815. The summed E-state index contributed by atoms with van der Waals surface area (Å²) in [7, 11) is 0. The van der Waals surface area contributed by atoms with Crippen molar-refractivity contribution >= 4 is 23.4 Å². The maximum absolute atomic E-state index is 12.7. The van der Waals surface area contributed by atoms with E-state index in [0.717, 1.165) is 29.5 Å². The lowest BCUT2D eigenvalue weighted by Gasteiger charge is -2.32. The van der Waals surface area contributed by atoms with Crippen LogP contribution in [0, 0.1) is 13.8 Å². The largest absolute Gasteiger partial charge is 0.353 e. The van der Waals surface area contributed by atoms with Crippen LogP contribution < -0.4 is 5.32 Å². The molecule has 1 fully saturated rings. The molecule has 0 aromatic heterocycles. The van der Waals surface area contributed by atoms with Gasteiger partial charge in [-0.05, 0) is 74.1 Å². The Balaban J connectivity index is 1.44. The molecule has 0 bridgehead atoms. The van der Waals surface area contributed by atoms with E-state index in [4.69, 9.17) is 11.6 Å². The third-order valence-corrected chi connectivity index (χ3v) is 5.71. The van der Waals surface area contributed by atoms with Crippen molar-refractivity contribution in [2.75, 3.05) is 13.1 Å². The zero-order valence-electron chi connectivity index (χ0n) is 16.5. The zero-order chi connectivity index (χ0) is 20.1. The van der Waals surface area contributed by atoms with Crippen molar-refractivity contribution < 1.29 is 9.59 Å². The summed E-state index contributed by atoms with van der Waals surface area (Å²) >= 11 is 5.88. The van der Waals surface area contributed by atoms with Gasteiger partial charge in [0.15, 0.2) is 0 Å². The Labute approximate surface area is 171 Å². The SMILES string of the molecule is Cc1ccc(C(=O)N2CCC(NC(=O)CCc3ccc(Cl)cc3)CC2)cc1C. The van der Waals surface area contributed by atoms with Gasteiger partial charge in [-0.3, -0.25) is 9.59 Å². The van der Waals surface area contributed by atoms with Gasteiger partial charge in [-0.1, -0.05) is 29.8 Å². The molecule has 0 unspecified atom stereocenters. The van der Waals surface area contributed by atoms with E-state index < -0.39 is 0 Å². The highest BCUT2D eigenvalue weighted by Gasteiger charge is 2.24. The molecule has 0 aliphatic carbocycles. The Morgan fingerprint density at radius 2 is 1.71 bits per heavy atom. The van der Waals surface area contributed by atoms with E-state index in [9.17, 15) is 9.59 Å². The zero-order valence-corrected chi connectivity index (χ0v) is 17.3. The number of likely N-dealkylation sites (tertiary alicyclic amines) is 1. The van der Waals surface area contributed by atoms with E-state index >= 15 is 0 Å². The second-order valence-electron chi connectivity index (χ2n) is 7.56. The first-order valence-corrected chi connectivity index (χ1v) is 10.2. The summed E-state index contributed by atoms with van der Waals surface area (Å²) in [6, 6.07) is 13.6. The highest BCUT2D eigenvalue weighted by atomic mass is 35.5. The number of nitrogens with one attached hydrogen (secondary N) is 1. The summed E-state index contributed by atoms with van der Waals surface area (Å²) < 4.78 is 0. The smallest absolute Gasteiger partial charge is 0.253 e. The second kappa shape index (κ2) is 9.24. The highest BCUT2D eigenvalue weighted by molar-refractivity contribution is 6.30. The molecule has 1 aliphatic rings. The van der Waals surface area contributed by atoms with Crippen LogP contribution in [0.5, 0.6) is 0 Å². The van der Waals surface area contributed by atoms with Crippen molar-refractivity contribution in [1.82, 2.24) is 10.2 Å². The van der Waals surface area contributed by atoms with Gasteiger partial charge in [0.25, 0.3) is 5.91 Å². The molecule has 0 spiro atoms. The van der Waals surface area contributed by atoms with Gasteiger partial charge in [-0.15, -0.1) is 0 Å². The molecule has 3 rings (SSSR count). The standard InChI is InChI=1S/C23H27ClN2O2/c1-16-3-7-19(15-17(16)2)23(28)26-13-11-21(12-14-26)25-22(27)10-6-18-4-8-20(24)9-5-18/h3-5,7-9,15,21H,6,10-14H2,1-2H3,(H,25,27). The Hall–Kier alpha value is -2.33. The lowest BCUT2D eigenvalue weighted by Crippen LogP contribution is -2.46. The third-order valence-electron chi connectivity index (χ3n) is 5.46. The molecule has 4 nitrogen and oxygen atoms in total. The van der Waals surface area contributed by atoms with E-state index in [1.165, 1.54) is 5.56 Å². The van der Waals surface area contributed by atoms with Crippen LogP contribution in [0.15, 0.2) is 42.5 Å². The lowest BCUT2D eigenvalue weighted by atomic mass is 10.0. The molecule has 0 saturated carbocycles. The average Bonchev–Trinajstić information content (AvgIpc) is 2.70. The fourth-order valence-corrected chi connectivity index (χ4v) is 3.62. The summed E-state index contributed by atoms with van der Waals surface area (Å²) in [5, 5.41) is 3.82. The number of benzene rings is 2. The predicted molar refractivity (Wildman–Crippen MR) is 113 cm³/mol. The monoisotopic (exact) mass is 398 g/mol. The Morgan fingerprint density at radius 3 is 2.36 bits per heavy atom. The Kier molecular flexibility index (Phi) is 6.74. The van der Waals surface area contributed by atoms with E-state index in [0.29, 0.717) is 31.0 Å². The minimum atomic E-state index is 0.0638. The van der Waals surface area contributed by atoms with Crippen LogP contribution in [-0.2, 0) is 11.2 Å². The molecule has 2 aromatic carbocycles.